The van der Waals surface area contributed by atoms with Gasteiger partial charge in [-0.3, -0.25) is 9.59 Å². The van der Waals surface area contributed by atoms with Crippen LogP contribution in [0.25, 0.3) is 11.3 Å². The van der Waals surface area contributed by atoms with Crippen molar-refractivity contribution in [2.75, 3.05) is 11.9 Å². The highest BCUT2D eigenvalue weighted by atomic mass is 32.1. The number of hydrogen-bond acceptors (Lipinski definition) is 5. The van der Waals surface area contributed by atoms with Crippen LogP contribution in [-0.4, -0.2) is 23.4 Å². The number of benzene rings is 2. The highest BCUT2D eigenvalue weighted by Gasteiger charge is 2.21. The van der Waals surface area contributed by atoms with Crippen molar-refractivity contribution in [2.24, 2.45) is 0 Å². The SMILES string of the molecule is CC(=O)Nc1cc(-c2csc(C)n2)ccc1OCC(=O)N[C@H]1CCCc2ccccc21. The van der Waals surface area contributed by atoms with Gasteiger partial charge in [0.05, 0.1) is 22.4 Å². The summed E-state index contributed by atoms with van der Waals surface area (Å²) in [6, 6.07) is 13.7. The number of aromatic nitrogens is 1. The number of amides is 2. The lowest BCUT2D eigenvalue weighted by atomic mass is 9.88. The fraction of sp³-hybridized carbons (Fsp3) is 0.292. The Morgan fingerprint density at radius 2 is 2.06 bits per heavy atom. The summed E-state index contributed by atoms with van der Waals surface area (Å²) in [4.78, 5) is 28.8. The number of ether oxygens (including phenoxy) is 1. The Morgan fingerprint density at radius 1 is 1.23 bits per heavy atom. The molecule has 160 valence electrons. The molecule has 2 aromatic carbocycles. The van der Waals surface area contributed by atoms with Gasteiger partial charge in [-0.2, -0.15) is 0 Å². The molecule has 6 nitrogen and oxygen atoms in total. The summed E-state index contributed by atoms with van der Waals surface area (Å²) in [5.41, 5.74) is 4.72. The summed E-state index contributed by atoms with van der Waals surface area (Å²) in [6.07, 6.45) is 3.01. The quantitative estimate of drug-likeness (QED) is 0.591. The molecular formula is C24H25N3O3S. The van der Waals surface area contributed by atoms with Crippen molar-refractivity contribution in [3.05, 3.63) is 64.0 Å². The Hall–Kier alpha value is -3.19. The van der Waals surface area contributed by atoms with Crippen molar-refractivity contribution in [1.82, 2.24) is 10.3 Å². The molecule has 2 N–H and O–H groups in total. The number of rotatable bonds is 6. The number of fused-ring (bicyclic) bond motifs is 1. The van der Waals surface area contributed by atoms with E-state index in [-0.39, 0.29) is 24.5 Å². The van der Waals surface area contributed by atoms with E-state index in [2.05, 4.69) is 27.8 Å². The van der Waals surface area contributed by atoms with E-state index in [1.807, 2.05) is 36.6 Å². The zero-order chi connectivity index (χ0) is 21.8. The lowest BCUT2D eigenvalue weighted by Crippen LogP contribution is -2.34. The van der Waals surface area contributed by atoms with Gasteiger partial charge >= 0.3 is 0 Å². The molecule has 1 aliphatic carbocycles. The summed E-state index contributed by atoms with van der Waals surface area (Å²) < 4.78 is 5.78. The zero-order valence-electron chi connectivity index (χ0n) is 17.6. The van der Waals surface area contributed by atoms with Crippen molar-refractivity contribution in [1.29, 1.82) is 0 Å². The average Bonchev–Trinajstić information content (AvgIpc) is 3.19. The molecule has 2 amide bonds. The molecular weight excluding hydrogens is 410 g/mol. The summed E-state index contributed by atoms with van der Waals surface area (Å²) in [5.74, 6) is 0.0551. The number of nitrogens with one attached hydrogen (secondary N) is 2. The van der Waals surface area contributed by atoms with E-state index in [0.29, 0.717) is 11.4 Å². The van der Waals surface area contributed by atoms with E-state index < -0.39 is 0 Å². The Bertz CT molecular complexity index is 1110. The first-order valence-corrected chi connectivity index (χ1v) is 11.2. The van der Waals surface area contributed by atoms with Crippen molar-refractivity contribution in [3.63, 3.8) is 0 Å². The van der Waals surface area contributed by atoms with Crippen LogP contribution < -0.4 is 15.4 Å². The van der Waals surface area contributed by atoms with Crippen LogP contribution in [0.3, 0.4) is 0 Å². The molecule has 1 aliphatic rings. The van der Waals surface area contributed by atoms with Gasteiger partial charge in [0, 0.05) is 17.9 Å². The number of aryl methyl sites for hydroxylation is 2. The molecule has 1 heterocycles. The lowest BCUT2D eigenvalue weighted by Gasteiger charge is -2.26. The van der Waals surface area contributed by atoms with Gasteiger partial charge in [0.1, 0.15) is 5.75 Å². The minimum atomic E-state index is -0.209. The van der Waals surface area contributed by atoms with Crippen LogP contribution in [0.15, 0.2) is 47.8 Å². The molecule has 1 atom stereocenters. The van der Waals surface area contributed by atoms with Gasteiger partial charge < -0.3 is 15.4 Å². The van der Waals surface area contributed by atoms with E-state index in [9.17, 15) is 9.59 Å². The molecule has 0 radical (unpaired) electrons. The largest absolute Gasteiger partial charge is 0.482 e. The van der Waals surface area contributed by atoms with E-state index in [4.69, 9.17) is 4.74 Å². The van der Waals surface area contributed by atoms with Gasteiger partial charge in [0.15, 0.2) is 6.61 Å². The third-order valence-electron chi connectivity index (χ3n) is 5.27. The van der Waals surface area contributed by atoms with Crippen LogP contribution in [0, 0.1) is 6.92 Å². The third kappa shape index (κ3) is 5.11. The second-order valence-electron chi connectivity index (χ2n) is 7.64. The van der Waals surface area contributed by atoms with Crippen molar-refractivity contribution in [2.45, 2.75) is 39.2 Å². The summed E-state index contributed by atoms with van der Waals surface area (Å²) in [5, 5.41) is 8.81. The number of nitrogens with zero attached hydrogens (tertiary/aromatic N) is 1. The number of thiazole rings is 1. The predicted molar refractivity (Wildman–Crippen MR) is 122 cm³/mol. The molecule has 31 heavy (non-hydrogen) atoms. The van der Waals surface area contributed by atoms with Crippen LogP contribution in [0.4, 0.5) is 5.69 Å². The van der Waals surface area contributed by atoms with E-state index in [1.54, 1.807) is 17.4 Å². The first-order valence-electron chi connectivity index (χ1n) is 10.3. The number of anilines is 1. The van der Waals surface area contributed by atoms with Crippen molar-refractivity contribution in [3.8, 4) is 17.0 Å². The topological polar surface area (TPSA) is 80.3 Å². The summed E-state index contributed by atoms with van der Waals surface area (Å²) in [6.45, 7) is 3.26. The normalized spacial score (nSPS) is 15.1. The van der Waals surface area contributed by atoms with Crippen molar-refractivity contribution >= 4 is 28.8 Å². The average molecular weight is 436 g/mol. The standard InChI is InChI=1S/C24H25N3O3S/c1-15(28)25-21-12-18(22-14-31-16(2)26-22)10-11-23(21)30-13-24(29)27-20-9-5-7-17-6-3-4-8-19(17)20/h3-4,6,8,10-12,14,20H,5,7,9,13H2,1-2H3,(H,25,28)(H,27,29)/t20-/m0/s1. The molecule has 1 aromatic heterocycles. The van der Waals surface area contributed by atoms with Gasteiger partial charge in [-0.15, -0.1) is 11.3 Å². The second-order valence-corrected chi connectivity index (χ2v) is 8.71. The Morgan fingerprint density at radius 3 is 2.84 bits per heavy atom. The van der Waals surface area contributed by atoms with Gasteiger partial charge in [-0.05, 0) is 55.5 Å². The molecule has 0 aliphatic heterocycles. The Kier molecular flexibility index (Phi) is 6.32. The lowest BCUT2D eigenvalue weighted by molar-refractivity contribution is -0.124. The van der Waals surface area contributed by atoms with Crippen LogP contribution in [0.5, 0.6) is 5.75 Å². The molecule has 0 saturated carbocycles. The molecule has 0 unspecified atom stereocenters. The highest BCUT2D eigenvalue weighted by Crippen LogP contribution is 2.32. The smallest absolute Gasteiger partial charge is 0.258 e. The van der Waals surface area contributed by atoms with Crippen LogP contribution >= 0.6 is 11.3 Å². The molecule has 7 heteroatoms. The third-order valence-corrected chi connectivity index (χ3v) is 6.04. The maximum Gasteiger partial charge on any atom is 0.258 e. The molecule has 0 fully saturated rings. The molecule has 0 bridgehead atoms. The minimum Gasteiger partial charge on any atom is -0.482 e. The van der Waals surface area contributed by atoms with Crippen LogP contribution in [0.2, 0.25) is 0 Å². The van der Waals surface area contributed by atoms with Crippen LogP contribution in [-0.2, 0) is 16.0 Å². The molecule has 0 saturated heterocycles. The molecule has 4 rings (SSSR count). The Labute approximate surface area is 185 Å². The highest BCUT2D eigenvalue weighted by molar-refractivity contribution is 7.09. The molecule has 0 spiro atoms. The number of carbonyl (C=O) groups is 2. The van der Waals surface area contributed by atoms with Gasteiger partial charge in [0.25, 0.3) is 5.91 Å². The van der Waals surface area contributed by atoms with E-state index >= 15 is 0 Å². The molecule has 3 aromatic rings. The second kappa shape index (κ2) is 9.31. The zero-order valence-corrected chi connectivity index (χ0v) is 18.4. The Balaban J connectivity index is 1.45. The summed E-state index contributed by atoms with van der Waals surface area (Å²) in [7, 11) is 0. The van der Waals surface area contributed by atoms with Gasteiger partial charge in [-0.25, -0.2) is 4.98 Å². The van der Waals surface area contributed by atoms with Gasteiger partial charge in [0.2, 0.25) is 5.91 Å². The maximum atomic E-state index is 12.6. The first kappa shape index (κ1) is 21.1. The number of hydrogen-bond donors (Lipinski definition) is 2. The van der Waals surface area contributed by atoms with Crippen molar-refractivity contribution < 1.29 is 14.3 Å². The fourth-order valence-corrected chi connectivity index (χ4v) is 4.50. The summed E-state index contributed by atoms with van der Waals surface area (Å²) >= 11 is 1.57. The van der Waals surface area contributed by atoms with Crippen LogP contribution in [0.1, 0.15) is 41.9 Å². The maximum absolute atomic E-state index is 12.6. The minimum absolute atomic E-state index is 0.00569. The predicted octanol–water partition coefficient (Wildman–Crippen LogP) is 4.65. The van der Waals surface area contributed by atoms with E-state index in [0.717, 1.165) is 35.5 Å². The number of carbonyl (C=O) groups excluding carboxylic acids is 2. The monoisotopic (exact) mass is 435 g/mol. The first-order chi connectivity index (χ1) is 15.0. The fourth-order valence-electron chi connectivity index (χ4n) is 3.88. The van der Waals surface area contributed by atoms with Gasteiger partial charge in [-0.1, -0.05) is 24.3 Å². The van der Waals surface area contributed by atoms with E-state index in [1.165, 1.54) is 18.1 Å².